The molecule has 0 saturated carbocycles. The van der Waals surface area contributed by atoms with Crippen molar-refractivity contribution >= 4 is 15.4 Å². The van der Waals surface area contributed by atoms with E-state index >= 15 is 0 Å². The molecule has 0 heterocycles. The molecule has 0 aromatic carbocycles. The second-order valence-corrected chi connectivity index (χ2v) is 7.02. The van der Waals surface area contributed by atoms with E-state index in [2.05, 4.69) is 13.8 Å². The summed E-state index contributed by atoms with van der Waals surface area (Å²) in [6, 6.07) is 0. The summed E-state index contributed by atoms with van der Waals surface area (Å²) in [6.45, 7) is 4.59. The van der Waals surface area contributed by atoms with Crippen molar-refractivity contribution in [2.24, 2.45) is 0 Å². The van der Waals surface area contributed by atoms with Crippen molar-refractivity contribution in [3.8, 4) is 0 Å². The summed E-state index contributed by atoms with van der Waals surface area (Å²) in [7, 11) is 0. The summed E-state index contributed by atoms with van der Waals surface area (Å²) in [4.78, 5) is 0. The maximum atomic E-state index is 2.29. The van der Waals surface area contributed by atoms with Gasteiger partial charge in [-0.3, -0.25) is 0 Å². The molecule has 0 unspecified atom stereocenters. The molecule has 2 radical (unpaired) electrons. The van der Waals surface area contributed by atoms with Gasteiger partial charge >= 0.3 is 91.2 Å². The molecule has 0 fully saturated rings. The molecule has 0 rings (SSSR count). The van der Waals surface area contributed by atoms with Crippen molar-refractivity contribution in [3.63, 3.8) is 0 Å². The van der Waals surface area contributed by atoms with E-state index < -0.39 is 0 Å². The van der Waals surface area contributed by atoms with Gasteiger partial charge in [0.2, 0.25) is 0 Å². The van der Waals surface area contributed by atoms with Gasteiger partial charge in [0.05, 0.1) is 0 Å². The van der Waals surface area contributed by atoms with Gasteiger partial charge < -0.3 is 0 Å². The molecule has 0 saturated heterocycles. The normalized spacial score (nSPS) is 10.6. The van der Waals surface area contributed by atoms with Crippen LogP contribution < -0.4 is 0 Å². The van der Waals surface area contributed by atoms with Crippen LogP contribution in [0.5, 0.6) is 0 Å². The Labute approximate surface area is 91.4 Å². The minimum absolute atomic E-state index is 0.468. The van der Waals surface area contributed by atoms with Gasteiger partial charge in [-0.05, 0) is 0 Å². The molecule has 0 atom stereocenters. The quantitative estimate of drug-likeness (QED) is 0.385. The molecule has 0 aliphatic heterocycles. The second-order valence-electron chi connectivity index (χ2n) is 3.87. The van der Waals surface area contributed by atoms with E-state index in [4.69, 9.17) is 0 Å². The number of rotatable bonds is 10. The van der Waals surface area contributed by atoms with Crippen LogP contribution in [0.4, 0.5) is 0 Å². The zero-order valence-electron chi connectivity index (χ0n) is 9.57. The summed E-state index contributed by atoms with van der Waals surface area (Å²) >= 11 is 0.468. The van der Waals surface area contributed by atoms with Crippen LogP contribution >= 0.6 is 0 Å². The van der Waals surface area contributed by atoms with Gasteiger partial charge in [-0.2, -0.15) is 0 Å². The fourth-order valence-electron chi connectivity index (χ4n) is 1.48. The van der Waals surface area contributed by atoms with Gasteiger partial charge in [0.1, 0.15) is 0 Å². The van der Waals surface area contributed by atoms with E-state index in [1.54, 1.807) is 10.5 Å². The van der Waals surface area contributed by atoms with Crippen LogP contribution in [0.15, 0.2) is 0 Å². The van der Waals surface area contributed by atoms with Gasteiger partial charge in [0.25, 0.3) is 0 Å². The summed E-state index contributed by atoms with van der Waals surface area (Å²) < 4.78 is 0. The Bertz CT molecular complexity index is 71.2. The molecule has 0 bridgehead atoms. The van der Waals surface area contributed by atoms with E-state index in [-0.39, 0.29) is 0 Å². The van der Waals surface area contributed by atoms with Crippen LogP contribution in [0.2, 0.25) is 10.5 Å². The van der Waals surface area contributed by atoms with Gasteiger partial charge in [-0.15, -0.1) is 0 Å². The first-order valence-electron chi connectivity index (χ1n) is 6.12. The molecule has 0 nitrogen and oxygen atoms in total. The molecule has 0 N–H and O–H groups in total. The first-order chi connectivity index (χ1) is 6.41. The molecule has 0 amide bonds. The van der Waals surface area contributed by atoms with Crippen molar-refractivity contribution in [1.82, 2.24) is 0 Å². The van der Waals surface area contributed by atoms with Gasteiger partial charge in [0, 0.05) is 0 Å². The molecular formula is C12H26Ge. The average Bonchev–Trinajstić information content (AvgIpc) is 2.16. The number of unbranched alkanes of at least 4 members (excludes halogenated alkanes) is 6. The molecule has 13 heavy (non-hydrogen) atoms. The van der Waals surface area contributed by atoms with Crippen LogP contribution in [0.25, 0.3) is 0 Å². The van der Waals surface area contributed by atoms with Crippen molar-refractivity contribution in [2.45, 2.75) is 75.7 Å². The molecule has 0 aliphatic rings. The SMILES string of the molecule is CCCCC[CH2][Ge][CH2]CCCCC. The summed E-state index contributed by atoms with van der Waals surface area (Å²) in [6.07, 6.45) is 11.7. The molecular weight excluding hydrogens is 217 g/mol. The number of hydrogen-bond donors (Lipinski definition) is 0. The number of hydrogen-bond acceptors (Lipinski definition) is 0. The Balaban J connectivity index is 2.76. The topological polar surface area (TPSA) is 0 Å². The van der Waals surface area contributed by atoms with E-state index in [0.29, 0.717) is 15.4 Å². The van der Waals surface area contributed by atoms with E-state index in [1.807, 2.05) is 0 Å². The first-order valence-corrected chi connectivity index (χ1v) is 9.09. The molecule has 1 heteroatoms. The fourth-order valence-corrected chi connectivity index (χ4v) is 4.10. The molecule has 0 aromatic heterocycles. The Morgan fingerprint density at radius 3 is 1.46 bits per heavy atom. The molecule has 0 aliphatic carbocycles. The minimum atomic E-state index is 0.468. The molecule has 78 valence electrons. The average molecular weight is 243 g/mol. The molecule has 0 aromatic rings. The van der Waals surface area contributed by atoms with Gasteiger partial charge in [-0.1, -0.05) is 0 Å². The Morgan fingerprint density at radius 1 is 0.615 bits per heavy atom. The Kier molecular flexibility index (Phi) is 13.1. The van der Waals surface area contributed by atoms with Crippen LogP contribution in [0, 0.1) is 0 Å². The van der Waals surface area contributed by atoms with E-state index in [1.165, 1.54) is 51.4 Å². The Morgan fingerprint density at radius 2 is 1.08 bits per heavy atom. The third-order valence-corrected chi connectivity index (χ3v) is 5.38. The fraction of sp³-hybridized carbons (Fsp3) is 1.00. The van der Waals surface area contributed by atoms with Crippen molar-refractivity contribution in [2.75, 3.05) is 0 Å². The third kappa shape index (κ3) is 12.5. The van der Waals surface area contributed by atoms with Gasteiger partial charge in [-0.25, -0.2) is 0 Å². The van der Waals surface area contributed by atoms with Crippen LogP contribution in [0.3, 0.4) is 0 Å². The first kappa shape index (κ1) is 13.5. The van der Waals surface area contributed by atoms with E-state index in [0.717, 1.165) is 0 Å². The monoisotopic (exact) mass is 244 g/mol. The van der Waals surface area contributed by atoms with Crippen LogP contribution in [-0.2, 0) is 0 Å². The second kappa shape index (κ2) is 12.5. The van der Waals surface area contributed by atoms with Crippen molar-refractivity contribution < 1.29 is 0 Å². The third-order valence-electron chi connectivity index (χ3n) is 2.41. The van der Waals surface area contributed by atoms with Crippen molar-refractivity contribution in [1.29, 1.82) is 0 Å². The predicted octanol–water partition coefficient (Wildman–Crippen LogP) is 4.69. The van der Waals surface area contributed by atoms with Crippen molar-refractivity contribution in [3.05, 3.63) is 0 Å². The zero-order chi connectivity index (χ0) is 9.78. The summed E-state index contributed by atoms with van der Waals surface area (Å²) in [5, 5.41) is 3.21. The van der Waals surface area contributed by atoms with Crippen LogP contribution in [0.1, 0.15) is 65.2 Å². The molecule has 0 spiro atoms. The summed E-state index contributed by atoms with van der Waals surface area (Å²) in [5.41, 5.74) is 0. The zero-order valence-corrected chi connectivity index (χ0v) is 11.7. The van der Waals surface area contributed by atoms with E-state index in [9.17, 15) is 0 Å². The maximum absolute atomic E-state index is 2.29. The van der Waals surface area contributed by atoms with Gasteiger partial charge in [0.15, 0.2) is 0 Å². The standard InChI is InChI=1S/C12H26Ge/c1-3-5-7-9-11-13-12-10-8-6-4-2/h3-12H2,1-2H3. The predicted molar refractivity (Wildman–Crippen MR) is 63.7 cm³/mol. The van der Waals surface area contributed by atoms with Crippen LogP contribution in [-0.4, -0.2) is 15.4 Å². The summed E-state index contributed by atoms with van der Waals surface area (Å²) in [5.74, 6) is 0. The Hall–Kier alpha value is 0.543.